The van der Waals surface area contributed by atoms with Gasteiger partial charge in [-0.15, -0.1) is 0 Å². The van der Waals surface area contributed by atoms with Crippen molar-refractivity contribution in [2.45, 2.75) is 167 Å². The maximum absolute atomic E-state index is 11.4. The summed E-state index contributed by atoms with van der Waals surface area (Å²) in [5.41, 5.74) is 0. The van der Waals surface area contributed by atoms with Crippen LogP contribution in [-0.2, 0) is 14.2 Å². The molecule has 0 amide bonds. The standard InChI is InChI=1S/C28H50O17.5CH4/c29-6-11-3-9(16(33)23(40)17(11)34)1-2-10-5-14(43-26-19(36)12(7-30)4-13(32)20(26)37)22(39)27(18(10)35)45-28-25(42)24(41)21(38)15(8-31)44-28;;;;;/h9-42H,1-8H2;5*1H4. The average Bonchev–Trinajstić information content (AvgIpc) is 3.02. The fourth-order valence-corrected chi connectivity index (χ4v) is 7.33. The van der Waals surface area contributed by atoms with Gasteiger partial charge in [0, 0.05) is 25.0 Å². The van der Waals surface area contributed by atoms with Gasteiger partial charge in [0.1, 0.15) is 54.9 Å². The summed E-state index contributed by atoms with van der Waals surface area (Å²) in [6.07, 6.45) is -24.5. The van der Waals surface area contributed by atoms with Crippen LogP contribution in [0.3, 0.4) is 0 Å². The topological polar surface area (TPSA) is 311 Å². The van der Waals surface area contributed by atoms with E-state index in [4.69, 9.17) is 14.2 Å². The van der Waals surface area contributed by atoms with E-state index < -0.39 is 141 Å². The average molecular weight is 739 g/mol. The molecule has 3 aliphatic carbocycles. The molecule has 0 radical (unpaired) electrons. The van der Waals surface area contributed by atoms with Crippen molar-refractivity contribution < 1.29 is 85.7 Å². The van der Waals surface area contributed by atoms with Crippen molar-refractivity contribution in [3.63, 3.8) is 0 Å². The Labute approximate surface area is 296 Å². The molecular weight excluding hydrogens is 668 g/mol. The molecule has 50 heavy (non-hydrogen) atoms. The zero-order valence-electron chi connectivity index (χ0n) is 24.7. The van der Waals surface area contributed by atoms with Gasteiger partial charge in [-0.1, -0.05) is 37.1 Å². The Morgan fingerprint density at radius 3 is 1.42 bits per heavy atom. The molecule has 1 saturated heterocycles. The Kier molecular flexibility index (Phi) is 22.5. The van der Waals surface area contributed by atoms with Gasteiger partial charge < -0.3 is 85.7 Å². The van der Waals surface area contributed by atoms with Gasteiger partial charge in [-0.25, -0.2) is 0 Å². The quantitative estimate of drug-likeness (QED) is 0.103. The Balaban J connectivity index is 0. The number of hydrogen-bond acceptors (Lipinski definition) is 17. The van der Waals surface area contributed by atoms with Gasteiger partial charge in [0.05, 0.1) is 43.2 Å². The van der Waals surface area contributed by atoms with Gasteiger partial charge in [0.2, 0.25) is 0 Å². The largest absolute Gasteiger partial charge is 0.396 e. The van der Waals surface area contributed by atoms with Crippen molar-refractivity contribution in [3.05, 3.63) is 0 Å². The first-order valence-electron chi connectivity index (χ1n) is 15.5. The molecule has 1 heterocycles. The van der Waals surface area contributed by atoms with E-state index in [-0.39, 0.29) is 69.2 Å². The Bertz CT molecular complexity index is 916. The summed E-state index contributed by atoms with van der Waals surface area (Å²) in [5, 5.41) is 145. The summed E-state index contributed by atoms with van der Waals surface area (Å²) in [6, 6.07) is 0. The number of rotatable bonds is 10. The number of aliphatic hydroxyl groups is 14. The van der Waals surface area contributed by atoms with Crippen LogP contribution in [0.1, 0.15) is 69.2 Å². The Hall–Kier alpha value is -0.680. The molecule has 4 fully saturated rings. The van der Waals surface area contributed by atoms with Crippen LogP contribution in [0.5, 0.6) is 0 Å². The van der Waals surface area contributed by atoms with Gasteiger partial charge >= 0.3 is 0 Å². The van der Waals surface area contributed by atoms with Crippen LogP contribution in [0.25, 0.3) is 0 Å². The zero-order chi connectivity index (χ0) is 33.3. The van der Waals surface area contributed by atoms with Crippen LogP contribution in [0.2, 0.25) is 0 Å². The maximum atomic E-state index is 11.4. The normalized spacial score (nSPS) is 47.6. The molecule has 17 nitrogen and oxygen atoms in total. The molecule has 3 saturated carbocycles. The molecule has 0 spiro atoms. The van der Waals surface area contributed by atoms with E-state index in [2.05, 4.69) is 0 Å². The van der Waals surface area contributed by atoms with Gasteiger partial charge in [-0.05, 0) is 43.9 Å². The van der Waals surface area contributed by atoms with E-state index in [0.29, 0.717) is 0 Å². The monoisotopic (exact) mass is 738 g/mol. The molecule has 0 aromatic rings. The van der Waals surface area contributed by atoms with E-state index in [1.807, 2.05) is 0 Å². The third-order valence-electron chi connectivity index (χ3n) is 10.3. The predicted octanol–water partition coefficient (Wildman–Crippen LogP) is -3.57. The highest BCUT2D eigenvalue weighted by atomic mass is 16.7. The maximum Gasteiger partial charge on any atom is 0.187 e. The van der Waals surface area contributed by atoms with Crippen molar-refractivity contribution in [2.75, 3.05) is 19.8 Å². The summed E-state index contributed by atoms with van der Waals surface area (Å²) in [7, 11) is 0. The lowest BCUT2D eigenvalue weighted by Crippen LogP contribution is -2.64. The van der Waals surface area contributed by atoms with Crippen molar-refractivity contribution in [1.82, 2.24) is 0 Å². The van der Waals surface area contributed by atoms with Gasteiger partial charge in [0.25, 0.3) is 0 Å². The van der Waals surface area contributed by atoms with Gasteiger partial charge in [0.15, 0.2) is 6.29 Å². The van der Waals surface area contributed by atoms with Crippen molar-refractivity contribution in [3.8, 4) is 0 Å². The Morgan fingerprint density at radius 1 is 0.420 bits per heavy atom. The van der Waals surface area contributed by atoms with Crippen LogP contribution in [0.4, 0.5) is 0 Å². The van der Waals surface area contributed by atoms with Gasteiger partial charge in [-0.2, -0.15) is 0 Å². The molecule has 20 atom stereocenters. The molecule has 0 aromatic carbocycles. The second-order valence-corrected chi connectivity index (χ2v) is 13.1. The van der Waals surface area contributed by atoms with E-state index in [1.165, 1.54) is 0 Å². The van der Waals surface area contributed by atoms with Crippen molar-refractivity contribution in [2.24, 2.45) is 23.7 Å². The van der Waals surface area contributed by atoms with E-state index in [0.717, 1.165) is 0 Å². The van der Waals surface area contributed by atoms with E-state index in [9.17, 15) is 71.5 Å². The van der Waals surface area contributed by atoms with Gasteiger partial charge in [-0.3, -0.25) is 0 Å². The third-order valence-corrected chi connectivity index (χ3v) is 10.3. The molecule has 0 bridgehead atoms. The molecule has 17 heteroatoms. The number of ether oxygens (including phenoxy) is 3. The number of aliphatic hydroxyl groups excluding tert-OH is 14. The minimum atomic E-state index is -1.87. The predicted molar refractivity (Wildman–Crippen MR) is 180 cm³/mol. The minimum absolute atomic E-state index is 0. The van der Waals surface area contributed by atoms with Crippen molar-refractivity contribution in [1.29, 1.82) is 0 Å². The van der Waals surface area contributed by atoms with Crippen molar-refractivity contribution >= 4 is 0 Å². The molecule has 1 aliphatic heterocycles. The SMILES string of the molecule is C.C.C.C.C.OCC1CC(CCC2CC(OC3C(O)C(O)CC(CO)C3O)C(O)C(OC3OC(CO)C(O)C(O)C3O)C2O)C(O)C(O)C1O. The summed E-state index contributed by atoms with van der Waals surface area (Å²) in [4.78, 5) is 0. The molecule has 20 unspecified atom stereocenters. The molecule has 14 N–H and O–H groups in total. The summed E-state index contributed by atoms with van der Waals surface area (Å²) in [5.74, 6) is -2.96. The van der Waals surface area contributed by atoms with Crippen LogP contribution in [0.15, 0.2) is 0 Å². The van der Waals surface area contributed by atoms with Crippen LogP contribution in [0, 0.1) is 23.7 Å². The summed E-state index contributed by atoms with van der Waals surface area (Å²) in [6.45, 7) is -1.72. The zero-order valence-corrected chi connectivity index (χ0v) is 24.7. The molecule has 304 valence electrons. The van der Waals surface area contributed by atoms with Crippen LogP contribution < -0.4 is 0 Å². The fourth-order valence-electron chi connectivity index (χ4n) is 7.33. The summed E-state index contributed by atoms with van der Waals surface area (Å²) >= 11 is 0. The second-order valence-electron chi connectivity index (χ2n) is 13.1. The fraction of sp³-hybridized carbons (Fsp3) is 1.00. The third kappa shape index (κ3) is 10.5. The molecule has 0 aromatic heterocycles. The van der Waals surface area contributed by atoms with E-state index >= 15 is 0 Å². The molecule has 4 rings (SSSR count). The van der Waals surface area contributed by atoms with Crippen LogP contribution in [-0.4, -0.2) is 189 Å². The lowest BCUT2D eigenvalue weighted by atomic mass is 9.71. The van der Waals surface area contributed by atoms with E-state index in [1.54, 1.807) is 0 Å². The number of hydrogen-bond donors (Lipinski definition) is 14. The first kappa shape index (κ1) is 51.4. The molecule has 4 aliphatic rings. The minimum Gasteiger partial charge on any atom is -0.396 e. The Morgan fingerprint density at radius 2 is 0.880 bits per heavy atom. The summed E-state index contributed by atoms with van der Waals surface area (Å²) < 4.78 is 17.1. The first-order valence-corrected chi connectivity index (χ1v) is 15.5. The highest BCUT2D eigenvalue weighted by Crippen LogP contribution is 2.40. The highest BCUT2D eigenvalue weighted by molar-refractivity contribution is 5.00. The lowest BCUT2D eigenvalue weighted by molar-refractivity contribution is -0.336. The highest BCUT2D eigenvalue weighted by Gasteiger charge is 2.53. The molecular formula is C33H70O17. The first-order chi connectivity index (χ1) is 21.2. The van der Waals surface area contributed by atoms with Crippen LogP contribution >= 0.6 is 0 Å². The smallest absolute Gasteiger partial charge is 0.187 e. The lowest BCUT2D eigenvalue weighted by Gasteiger charge is -2.49. The second kappa shape index (κ2) is 21.9.